The van der Waals surface area contributed by atoms with Crippen molar-refractivity contribution >= 4 is 5.78 Å². The molecule has 0 aliphatic carbocycles. The zero-order valence-corrected chi connectivity index (χ0v) is 10.0. The minimum Gasteiger partial charge on any atom is -0.346 e. The molecule has 0 radical (unpaired) electrons. The molecule has 0 aromatic heterocycles. The van der Waals surface area contributed by atoms with Crippen LogP contribution in [-0.4, -0.2) is 19.0 Å². The molecule has 0 amide bonds. The van der Waals surface area contributed by atoms with Gasteiger partial charge in [-0.05, 0) is 6.92 Å². The van der Waals surface area contributed by atoms with E-state index in [0.29, 0.717) is 18.8 Å². The molecule has 3 heteroatoms. The molecule has 0 N–H and O–H groups in total. The van der Waals surface area contributed by atoms with Crippen molar-refractivity contribution in [2.75, 3.05) is 13.2 Å². The molecule has 1 saturated heterocycles. The molecular formula is C13H18O3. The second-order valence-electron chi connectivity index (χ2n) is 3.25. The molecule has 0 saturated carbocycles. The highest BCUT2D eigenvalue weighted by atomic mass is 16.7. The van der Waals surface area contributed by atoms with Gasteiger partial charge in [-0.2, -0.15) is 0 Å². The van der Waals surface area contributed by atoms with Gasteiger partial charge in [0.05, 0.1) is 13.2 Å². The van der Waals surface area contributed by atoms with Gasteiger partial charge >= 0.3 is 0 Å². The Labute approximate surface area is 96.4 Å². The van der Waals surface area contributed by atoms with Crippen LogP contribution in [0.1, 0.15) is 43.0 Å². The Kier molecular flexibility index (Phi) is 5.15. The van der Waals surface area contributed by atoms with Gasteiger partial charge in [0.1, 0.15) is 0 Å². The summed E-state index contributed by atoms with van der Waals surface area (Å²) in [6.45, 7) is 6.83. The monoisotopic (exact) mass is 222 g/mol. The summed E-state index contributed by atoms with van der Waals surface area (Å²) in [7, 11) is 0. The van der Waals surface area contributed by atoms with Crippen LogP contribution in [0, 0.1) is 0 Å². The van der Waals surface area contributed by atoms with Crippen molar-refractivity contribution < 1.29 is 14.3 Å². The Balaban J connectivity index is 0.000000606. The van der Waals surface area contributed by atoms with Crippen molar-refractivity contribution in [2.45, 2.75) is 27.1 Å². The number of benzene rings is 1. The summed E-state index contributed by atoms with van der Waals surface area (Å²) >= 11 is 0. The van der Waals surface area contributed by atoms with E-state index in [-0.39, 0.29) is 12.1 Å². The Morgan fingerprint density at radius 3 is 2.06 bits per heavy atom. The van der Waals surface area contributed by atoms with Crippen molar-refractivity contribution in [2.24, 2.45) is 0 Å². The molecule has 3 nitrogen and oxygen atoms in total. The number of hydrogen-bond donors (Lipinski definition) is 0. The molecule has 1 aliphatic heterocycles. The maximum absolute atomic E-state index is 11.0. The van der Waals surface area contributed by atoms with Crippen LogP contribution in [0.25, 0.3) is 0 Å². The molecule has 0 spiro atoms. The number of carbonyl (C=O) groups is 1. The standard InChI is InChI=1S/C11H12O3.C2H6/c1-8(12)9-2-4-10(5-3-9)11-13-6-7-14-11;1-2/h2-5,11H,6-7H2,1H3;1-2H3. The van der Waals surface area contributed by atoms with Crippen molar-refractivity contribution in [3.05, 3.63) is 35.4 Å². The predicted molar refractivity (Wildman–Crippen MR) is 62.4 cm³/mol. The Morgan fingerprint density at radius 1 is 1.12 bits per heavy atom. The van der Waals surface area contributed by atoms with E-state index in [2.05, 4.69) is 0 Å². The topological polar surface area (TPSA) is 35.5 Å². The molecule has 1 fully saturated rings. The van der Waals surface area contributed by atoms with Gasteiger partial charge in [-0.1, -0.05) is 38.1 Å². The smallest absolute Gasteiger partial charge is 0.184 e. The minimum absolute atomic E-state index is 0.0739. The highest BCUT2D eigenvalue weighted by Gasteiger charge is 2.17. The maximum atomic E-state index is 11.0. The predicted octanol–water partition coefficient (Wildman–Crippen LogP) is 2.96. The van der Waals surface area contributed by atoms with Crippen molar-refractivity contribution in [3.63, 3.8) is 0 Å². The van der Waals surface area contributed by atoms with E-state index in [1.807, 2.05) is 26.0 Å². The van der Waals surface area contributed by atoms with Gasteiger partial charge < -0.3 is 9.47 Å². The number of ether oxygens (including phenoxy) is 2. The second-order valence-corrected chi connectivity index (χ2v) is 3.25. The summed E-state index contributed by atoms with van der Waals surface area (Å²) in [4.78, 5) is 11.0. The van der Waals surface area contributed by atoms with E-state index >= 15 is 0 Å². The number of carbonyl (C=O) groups excluding carboxylic acids is 1. The van der Waals surface area contributed by atoms with Crippen LogP contribution in [0.3, 0.4) is 0 Å². The summed E-state index contributed by atoms with van der Waals surface area (Å²) in [5, 5.41) is 0. The maximum Gasteiger partial charge on any atom is 0.184 e. The summed E-state index contributed by atoms with van der Waals surface area (Å²) in [6.07, 6.45) is -0.254. The lowest BCUT2D eigenvalue weighted by atomic mass is 10.1. The van der Waals surface area contributed by atoms with E-state index < -0.39 is 0 Å². The lowest BCUT2D eigenvalue weighted by molar-refractivity contribution is -0.0441. The second kappa shape index (κ2) is 6.40. The first-order valence-corrected chi connectivity index (χ1v) is 5.61. The molecule has 1 aromatic rings. The molecule has 1 aromatic carbocycles. The summed E-state index contributed by atoms with van der Waals surface area (Å²) in [5.74, 6) is 0.0739. The number of rotatable bonds is 2. The molecule has 0 unspecified atom stereocenters. The lowest BCUT2D eigenvalue weighted by Crippen LogP contribution is -1.99. The first kappa shape index (κ1) is 12.9. The van der Waals surface area contributed by atoms with E-state index in [1.54, 1.807) is 19.1 Å². The van der Waals surface area contributed by atoms with Gasteiger partial charge in [0.15, 0.2) is 12.1 Å². The Bertz CT molecular complexity index is 324. The van der Waals surface area contributed by atoms with E-state index in [4.69, 9.17) is 9.47 Å². The van der Waals surface area contributed by atoms with Crippen LogP contribution in [0.2, 0.25) is 0 Å². The molecule has 16 heavy (non-hydrogen) atoms. The number of Topliss-reactive ketones (excluding diaryl/α,β-unsaturated/α-hetero) is 1. The first-order valence-electron chi connectivity index (χ1n) is 5.61. The third-order valence-corrected chi connectivity index (χ3v) is 2.21. The van der Waals surface area contributed by atoms with Gasteiger partial charge in [-0.25, -0.2) is 0 Å². The average molecular weight is 222 g/mol. The molecule has 1 aliphatic rings. The van der Waals surface area contributed by atoms with Crippen LogP contribution in [0.5, 0.6) is 0 Å². The van der Waals surface area contributed by atoms with Crippen LogP contribution in [0.4, 0.5) is 0 Å². The largest absolute Gasteiger partial charge is 0.346 e. The Hall–Kier alpha value is -1.19. The normalized spacial score (nSPS) is 15.4. The fourth-order valence-corrected chi connectivity index (χ4v) is 1.43. The SMILES string of the molecule is CC.CC(=O)c1ccc(C2OCCO2)cc1. The third-order valence-electron chi connectivity index (χ3n) is 2.21. The first-order chi connectivity index (χ1) is 7.77. The lowest BCUT2D eigenvalue weighted by Gasteiger charge is -2.08. The zero-order chi connectivity index (χ0) is 12.0. The molecule has 2 rings (SSSR count). The van der Waals surface area contributed by atoms with Crippen molar-refractivity contribution in [1.82, 2.24) is 0 Å². The van der Waals surface area contributed by atoms with E-state index in [9.17, 15) is 4.79 Å². The fourth-order valence-electron chi connectivity index (χ4n) is 1.43. The van der Waals surface area contributed by atoms with Crippen LogP contribution in [-0.2, 0) is 9.47 Å². The number of hydrogen-bond acceptors (Lipinski definition) is 3. The Morgan fingerprint density at radius 2 is 1.62 bits per heavy atom. The molecule has 1 heterocycles. The minimum atomic E-state index is -0.254. The third kappa shape index (κ3) is 3.15. The summed E-state index contributed by atoms with van der Waals surface area (Å²) < 4.78 is 10.7. The highest BCUT2D eigenvalue weighted by Crippen LogP contribution is 2.23. The van der Waals surface area contributed by atoms with Crippen molar-refractivity contribution in [3.8, 4) is 0 Å². The molecule has 0 bridgehead atoms. The number of ketones is 1. The van der Waals surface area contributed by atoms with Crippen molar-refractivity contribution in [1.29, 1.82) is 0 Å². The summed E-state index contributed by atoms with van der Waals surface area (Å²) in [6, 6.07) is 7.32. The van der Waals surface area contributed by atoms with Gasteiger partial charge in [-0.15, -0.1) is 0 Å². The van der Waals surface area contributed by atoms with Crippen LogP contribution in [0.15, 0.2) is 24.3 Å². The fraction of sp³-hybridized carbons (Fsp3) is 0.462. The quantitative estimate of drug-likeness (QED) is 0.722. The van der Waals surface area contributed by atoms with Crippen LogP contribution < -0.4 is 0 Å². The van der Waals surface area contributed by atoms with E-state index in [1.165, 1.54) is 0 Å². The highest BCUT2D eigenvalue weighted by molar-refractivity contribution is 5.93. The van der Waals surface area contributed by atoms with Gasteiger partial charge in [0, 0.05) is 11.1 Å². The average Bonchev–Trinajstić information content (AvgIpc) is 2.85. The molecule has 0 atom stereocenters. The van der Waals surface area contributed by atoms with Gasteiger partial charge in [-0.3, -0.25) is 4.79 Å². The molecule has 88 valence electrons. The van der Waals surface area contributed by atoms with E-state index in [0.717, 1.165) is 5.56 Å². The summed E-state index contributed by atoms with van der Waals surface area (Å²) in [5.41, 5.74) is 1.68. The molecular weight excluding hydrogens is 204 g/mol. The zero-order valence-electron chi connectivity index (χ0n) is 10.0. The van der Waals surface area contributed by atoms with Gasteiger partial charge in [0.2, 0.25) is 0 Å². The van der Waals surface area contributed by atoms with Gasteiger partial charge in [0.25, 0.3) is 0 Å². The van der Waals surface area contributed by atoms with Crippen LogP contribution >= 0.6 is 0 Å².